The maximum atomic E-state index is 11.9. The Kier molecular flexibility index (Phi) is 3.84. The fraction of sp³-hybridized carbons (Fsp3) is 0.571. The number of pyridine rings is 1. The molecule has 0 aliphatic heterocycles. The SMILES string of the molecule is Cc1cc(=O)cc(C)n1CC(=O)NC1CCCC1. The summed E-state index contributed by atoms with van der Waals surface area (Å²) in [6.07, 6.45) is 4.60. The van der Waals surface area contributed by atoms with E-state index in [9.17, 15) is 9.59 Å². The van der Waals surface area contributed by atoms with Gasteiger partial charge in [0.1, 0.15) is 6.54 Å². The molecule has 0 atom stereocenters. The Hall–Kier alpha value is -1.58. The number of carbonyl (C=O) groups excluding carboxylic acids is 1. The quantitative estimate of drug-likeness (QED) is 0.881. The van der Waals surface area contributed by atoms with Crippen LogP contribution in [-0.2, 0) is 11.3 Å². The third kappa shape index (κ3) is 3.00. The fourth-order valence-electron chi connectivity index (χ4n) is 2.62. The van der Waals surface area contributed by atoms with Gasteiger partial charge in [0.25, 0.3) is 0 Å². The van der Waals surface area contributed by atoms with E-state index in [0.717, 1.165) is 24.2 Å². The van der Waals surface area contributed by atoms with Crippen LogP contribution in [0.2, 0.25) is 0 Å². The van der Waals surface area contributed by atoms with Crippen LogP contribution < -0.4 is 10.7 Å². The average Bonchev–Trinajstić information content (AvgIpc) is 2.76. The minimum absolute atomic E-state index is 0.00236. The molecule has 98 valence electrons. The maximum absolute atomic E-state index is 11.9. The topological polar surface area (TPSA) is 51.1 Å². The Morgan fingerprint density at radius 1 is 1.28 bits per heavy atom. The average molecular weight is 248 g/mol. The molecule has 0 spiro atoms. The molecule has 1 aliphatic carbocycles. The molecule has 1 aromatic rings. The molecule has 4 nitrogen and oxygen atoms in total. The second-order valence-electron chi connectivity index (χ2n) is 5.11. The molecule has 18 heavy (non-hydrogen) atoms. The van der Waals surface area contributed by atoms with Crippen molar-refractivity contribution in [2.24, 2.45) is 0 Å². The molecule has 1 saturated carbocycles. The maximum Gasteiger partial charge on any atom is 0.240 e. The van der Waals surface area contributed by atoms with E-state index in [-0.39, 0.29) is 11.3 Å². The number of nitrogens with one attached hydrogen (secondary N) is 1. The highest BCUT2D eigenvalue weighted by atomic mass is 16.2. The van der Waals surface area contributed by atoms with Crippen molar-refractivity contribution in [2.45, 2.75) is 52.1 Å². The summed E-state index contributed by atoms with van der Waals surface area (Å²) in [6.45, 7) is 4.02. The number of aryl methyl sites for hydroxylation is 2. The third-order valence-corrected chi connectivity index (χ3v) is 3.58. The van der Waals surface area contributed by atoms with Gasteiger partial charge < -0.3 is 9.88 Å². The Morgan fingerprint density at radius 3 is 2.39 bits per heavy atom. The summed E-state index contributed by atoms with van der Waals surface area (Å²) < 4.78 is 1.88. The van der Waals surface area contributed by atoms with Gasteiger partial charge in [0, 0.05) is 29.6 Å². The predicted octanol–water partition coefficient (Wildman–Crippen LogP) is 1.52. The minimum Gasteiger partial charge on any atom is -0.352 e. The lowest BCUT2D eigenvalue weighted by Crippen LogP contribution is -2.36. The molecule has 0 saturated heterocycles. The van der Waals surface area contributed by atoms with Gasteiger partial charge in [-0.1, -0.05) is 12.8 Å². The monoisotopic (exact) mass is 248 g/mol. The van der Waals surface area contributed by atoms with Crippen molar-refractivity contribution >= 4 is 5.91 Å². The van der Waals surface area contributed by atoms with Crippen LogP contribution in [0.5, 0.6) is 0 Å². The summed E-state index contributed by atoms with van der Waals surface area (Å²) >= 11 is 0. The Morgan fingerprint density at radius 2 is 1.83 bits per heavy atom. The van der Waals surface area contributed by atoms with Crippen molar-refractivity contribution in [1.29, 1.82) is 0 Å². The van der Waals surface area contributed by atoms with Crippen LogP contribution in [0, 0.1) is 13.8 Å². The lowest BCUT2D eigenvalue weighted by molar-refractivity contribution is -0.122. The lowest BCUT2D eigenvalue weighted by atomic mass is 10.2. The van der Waals surface area contributed by atoms with E-state index >= 15 is 0 Å². The molecule has 0 unspecified atom stereocenters. The third-order valence-electron chi connectivity index (χ3n) is 3.58. The molecule has 0 bridgehead atoms. The summed E-state index contributed by atoms with van der Waals surface area (Å²) in [5.74, 6) is 0.0387. The van der Waals surface area contributed by atoms with E-state index in [1.165, 1.54) is 12.8 Å². The van der Waals surface area contributed by atoms with Crippen LogP contribution in [0.1, 0.15) is 37.1 Å². The first kappa shape index (κ1) is 12.9. The summed E-state index contributed by atoms with van der Waals surface area (Å²) in [4.78, 5) is 23.3. The Labute approximate surface area is 107 Å². The van der Waals surface area contributed by atoms with E-state index < -0.39 is 0 Å². The first-order valence-electron chi connectivity index (χ1n) is 6.54. The van der Waals surface area contributed by atoms with Gasteiger partial charge in [-0.25, -0.2) is 0 Å². The van der Waals surface area contributed by atoms with E-state index in [2.05, 4.69) is 5.32 Å². The van der Waals surface area contributed by atoms with Crippen LogP contribution in [0.4, 0.5) is 0 Å². The highest BCUT2D eigenvalue weighted by Crippen LogP contribution is 2.17. The van der Waals surface area contributed by atoms with Crippen LogP contribution in [0.3, 0.4) is 0 Å². The van der Waals surface area contributed by atoms with Gasteiger partial charge in [-0.2, -0.15) is 0 Å². The van der Waals surface area contributed by atoms with Gasteiger partial charge in [-0.05, 0) is 26.7 Å². The van der Waals surface area contributed by atoms with E-state index in [4.69, 9.17) is 0 Å². The summed E-state index contributed by atoms with van der Waals surface area (Å²) in [7, 11) is 0. The molecule has 1 N–H and O–H groups in total. The van der Waals surface area contributed by atoms with Gasteiger partial charge in [0.2, 0.25) is 5.91 Å². The zero-order valence-corrected chi connectivity index (χ0v) is 11.0. The summed E-state index contributed by atoms with van der Waals surface area (Å²) in [6, 6.07) is 3.48. The molecule has 2 rings (SSSR count). The number of hydrogen-bond acceptors (Lipinski definition) is 2. The lowest BCUT2D eigenvalue weighted by Gasteiger charge is -2.16. The number of amides is 1. The fourth-order valence-corrected chi connectivity index (χ4v) is 2.62. The second kappa shape index (κ2) is 5.38. The number of rotatable bonds is 3. The standard InChI is InChI=1S/C14H20N2O2/c1-10-7-13(17)8-11(2)16(10)9-14(18)15-12-5-3-4-6-12/h7-8,12H,3-6,9H2,1-2H3,(H,15,18). The van der Waals surface area contributed by atoms with Gasteiger partial charge in [0.05, 0.1) is 0 Å². The molecule has 1 fully saturated rings. The van der Waals surface area contributed by atoms with Crippen molar-refractivity contribution in [3.8, 4) is 0 Å². The van der Waals surface area contributed by atoms with Gasteiger partial charge in [-0.3, -0.25) is 9.59 Å². The summed E-state index contributed by atoms with van der Waals surface area (Å²) in [5, 5.41) is 3.06. The largest absolute Gasteiger partial charge is 0.352 e. The van der Waals surface area contributed by atoms with Crippen molar-refractivity contribution < 1.29 is 4.79 Å². The number of hydrogen-bond donors (Lipinski definition) is 1. The normalized spacial score (nSPS) is 15.9. The number of aromatic nitrogens is 1. The van der Waals surface area contributed by atoms with Crippen molar-refractivity contribution in [2.75, 3.05) is 0 Å². The van der Waals surface area contributed by atoms with Crippen LogP contribution >= 0.6 is 0 Å². The molecule has 0 radical (unpaired) electrons. The van der Waals surface area contributed by atoms with E-state index in [1.807, 2.05) is 18.4 Å². The smallest absolute Gasteiger partial charge is 0.240 e. The predicted molar refractivity (Wildman–Crippen MR) is 70.6 cm³/mol. The first-order chi connectivity index (χ1) is 8.56. The van der Waals surface area contributed by atoms with Crippen molar-refractivity contribution in [1.82, 2.24) is 9.88 Å². The van der Waals surface area contributed by atoms with Crippen LogP contribution in [0.25, 0.3) is 0 Å². The molecule has 0 aromatic carbocycles. The highest BCUT2D eigenvalue weighted by Gasteiger charge is 2.17. The van der Waals surface area contributed by atoms with Crippen molar-refractivity contribution in [3.63, 3.8) is 0 Å². The van der Waals surface area contributed by atoms with Crippen molar-refractivity contribution in [3.05, 3.63) is 33.7 Å². The van der Waals surface area contributed by atoms with Crippen LogP contribution in [-0.4, -0.2) is 16.5 Å². The van der Waals surface area contributed by atoms with Gasteiger partial charge in [-0.15, -0.1) is 0 Å². The highest BCUT2D eigenvalue weighted by molar-refractivity contribution is 5.76. The molecular weight excluding hydrogens is 228 g/mol. The molecule has 1 heterocycles. The molecule has 1 aromatic heterocycles. The second-order valence-corrected chi connectivity index (χ2v) is 5.11. The molecule has 1 aliphatic rings. The van der Waals surface area contributed by atoms with Crippen LogP contribution in [0.15, 0.2) is 16.9 Å². The first-order valence-corrected chi connectivity index (χ1v) is 6.54. The zero-order chi connectivity index (χ0) is 13.1. The number of nitrogens with zero attached hydrogens (tertiary/aromatic N) is 1. The number of carbonyl (C=O) groups is 1. The Bertz CT molecular complexity index is 473. The molecule has 1 amide bonds. The Balaban J connectivity index is 2.04. The minimum atomic E-state index is -0.00236. The zero-order valence-electron chi connectivity index (χ0n) is 11.0. The molecule has 4 heteroatoms. The molecular formula is C14H20N2O2. The van der Waals surface area contributed by atoms with E-state index in [1.54, 1.807) is 12.1 Å². The van der Waals surface area contributed by atoms with E-state index in [0.29, 0.717) is 12.6 Å². The van der Waals surface area contributed by atoms with Gasteiger partial charge >= 0.3 is 0 Å². The summed E-state index contributed by atoms with van der Waals surface area (Å²) in [5.41, 5.74) is 1.67. The van der Waals surface area contributed by atoms with Gasteiger partial charge in [0.15, 0.2) is 5.43 Å².